The van der Waals surface area contributed by atoms with Gasteiger partial charge in [-0.1, -0.05) is 78.5 Å². The Morgan fingerprint density at radius 3 is 2.43 bits per heavy atom. The summed E-state index contributed by atoms with van der Waals surface area (Å²) >= 11 is 5.95. The molecule has 7 heteroatoms. The van der Waals surface area contributed by atoms with E-state index in [4.69, 9.17) is 20.9 Å². The Labute approximate surface area is 224 Å². The first-order chi connectivity index (χ1) is 16.4. The highest BCUT2D eigenvalue weighted by atomic mass is 79.9. The zero-order valence-electron chi connectivity index (χ0n) is 20.6. The maximum Gasteiger partial charge on any atom is 0.191 e. The maximum atomic E-state index is 12.0. The summed E-state index contributed by atoms with van der Waals surface area (Å²) in [5.74, 6) is 0.924. The van der Waals surface area contributed by atoms with Crippen molar-refractivity contribution in [2.24, 2.45) is 5.92 Å². The van der Waals surface area contributed by atoms with Crippen LogP contribution in [0.5, 0.6) is 0 Å². The van der Waals surface area contributed by atoms with Crippen molar-refractivity contribution in [2.75, 3.05) is 27.2 Å². The number of halogens is 2. The molecule has 0 radical (unpaired) electrons. The molecule has 0 saturated heterocycles. The van der Waals surface area contributed by atoms with Crippen LogP contribution in [-0.4, -0.2) is 42.0 Å². The molecule has 2 aromatic carbocycles. The smallest absolute Gasteiger partial charge is 0.191 e. The first-order valence-electron chi connectivity index (χ1n) is 12.2. The predicted molar refractivity (Wildman–Crippen MR) is 134 cm³/mol. The Kier molecular flexibility index (Phi) is 9.96. The number of hydrogen-bond acceptors (Lipinski definition) is 4. The average molecular weight is 564 g/mol. The summed E-state index contributed by atoms with van der Waals surface area (Å²) in [5, 5.41) is 17.2. The SMILES string of the molecule is C[N+](C)(CCOCc1ccc(Cl)cc1)Cc1cc(C(O)(c2ccccc2)C2CCCCC2)no1.[Br-]. The number of quaternary nitrogens is 1. The van der Waals surface area contributed by atoms with Gasteiger partial charge in [0.2, 0.25) is 0 Å². The van der Waals surface area contributed by atoms with Crippen LogP contribution < -0.4 is 17.0 Å². The fourth-order valence-corrected chi connectivity index (χ4v) is 5.08. The molecule has 0 aliphatic heterocycles. The summed E-state index contributed by atoms with van der Waals surface area (Å²) < 4.78 is 12.3. The van der Waals surface area contributed by atoms with Crippen LogP contribution in [0.15, 0.2) is 65.2 Å². The lowest BCUT2D eigenvalue weighted by Crippen LogP contribution is -3.00. The molecule has 1 N–H and O–H groups in total. The minimum atomic E-state index is -1.12. The van der Waals surface area contributed by atoms with Crippen molar-refractivity contribution in [3.05, 3.63) is 88.3 Å². The van der Waals surface area contributed by atoms with Gasteiger partial charge in [-0.2, -0.15) is 0 Å². The van der Waals surface area contributed by atoms with E-state index < -0.39 is 5.60 Å². The van der Waals surface area contributed by atoms with Crippen LogP contribution in [0.4, 0.5) is 0 Å². The molecule has 0 amide bonds. The van der Waals surface area contributed by atoms with Gasteiger partial charge in [0.25, 0.3) is 0 Å². The van der Waals surface area contributed by atoms with Gasteiger partial charge in [0.15, 0.2) is 5.76 Å². The fourth-order valence-electron chi connectivity index (χ4n) is 4.96. The zero-order valence-corrected chi connectivity index (χ0v) is 23.0. The molecule has 1 aromatic heterocycles. The standard InChI is InChI=1S/C28H36ClN2O3.BrH/c1-31(2,17-18-33-21-22-13-15-25(29)16-14-22)20-26-19-27(30-34-26)28(32,23-9-5-3-6-10-23)24-11-7-4-8-12-24;/h3,5-6,9-10,13-16,19,24,32H,4,7-8,11-12,17-18,20-21H2,1-2H3;1H/q+1;/p-1. The van der Waals surface area contributed by atoms with Crippen LogP contribution >= 0.6 is 11.6 Å². The molecule has 1 aliphatic rings. The van der Waals surface area contributed by atoms with Crippen LogP contribution in [0, 0.1) is 5.92 Å². The van der Waals surface area contributed by atoms with Gasteiger partial charge in [-0.3, -0.25) is 0 Å². The minimum Gasteiger partial charge on any atom is -1.00 e. The van der Waals surface area contributed by atoms with E-state index in [1.54, 1.807) is 0 Å². The number of hydrogen-bond donors (Lipinski definition) is 1. The molecule has 190 valence electrons. The highest BCUT2D eigenvalue weighted by Gasteiger charge is 2.43. The van der Waals surface area contributed by atoms with Crippen molar-refractivity contribution in [3.63, 3.8) is 0 Å². The highest BCUT2D eigenvalue weighted by Crippen LogP contribution is 2.43. The van der Waals surface area contributed by atoms with Crippen molar-refractivity contribution in [2.45, 2.75) is 50.9 Å². The van der Waals surface area contributed by atoms with Crippen LogP contribution in [0.2, 0.25) is 5.02 Å². The molecule has 0 spiro atoms. The van der Waals surface area contributed by atoms with Gasteiger partial charge in [-0.15, -0.1) is 0 Å². The Morgan fingerprint density at radius 1 is 1.06 bits per heavy atom. The Hall–Kier alpha value is -1.70. The molecule has 0 bridgehead atoms. The summed E-state index contributed by atoms with van der Waals surface area (Å²) in [5.41, 5.74) is 1.51. The van der Waals surface area contributed by atoms with Gasteiger partial charge >= 0.3 is 0 Å². The van der Waals surface area contributed by atoms with Gasteiger partial charge in [0.05, 0.1) is 27.3 Å². The third-order valence-corrected chi connectivity index (χ3v) is 7.22. The molecule has 1 aliphatic carbocycles. The summed E-state index contributed by atoms with van der Waals surface area (Å²) in [6.45, 7) is 2.70. The second kappa shape index (κ2) is 12.5. The molecule has 1 atom stereocenters. The Morgan fingerprint density at radius 2 is 1.74 bits per heavy atom. The zero-order chi connectivity index (χ0) is 24.0. The first-order valence-corrected chi connectivity index (χ1v) is 12.6. The second-order valence-electron chi connectivity index (χ2n) is 10.1. The van der Waals surface area contributed by atoms with Gasteiger partial charge in [-0.05, 0) is 42.0 Å². The quantitative estimate of drug-likeness (QED) is 0.305. The van der Waals surface area contributed by atoms with E-state index >= 15 is 0 Å². The number of aromatic nitrogens is 1. The van der Waals surface area contributed by atoms with Crippen molar-refractivity contribution >= 4 is 11.6 Å². The molecular formula is C28H36BrClN2O3. The predicted octanol–water partition coefficient (Wildman–Crippen LogP) is 2.94. The molecule has 1 heterocycles. The molecule has 1 fully saturated rings. The lowest BCUT2D eigenvalue weighted by Gasteiger charge is -2.37. The van der Waals surface area contributed by atoms with Gasteiger partial charge < -0.3 is 35.8 Å². The van der Waals surface area contributed by atoms with Crippen LogP contribution in [0.25, 0.3) is 0 Å². The topological polar surface area (TPSA) is 55.5 Å². The van der Waals surface area contributed by atoms with Gasteiger partial charge in [0.1, 0.15) is 24.4 Å². The molecule has 1 unspecified atom stereocenters. The van der Waals surface area contributed by atoms with Crippen molar-refractivity contribution in [1.82, 2.24) is 5.16 Å². The molecule has 1 saturated carbocycles. The minimum absolute atomic E-state index is 0. The number of ether oxygens (including phenoxy) is 1. The summed E-state index contributed by atoms with van der Waals surface area (Å²) in [6.07, 6.45) is 5.52. The van der Waals surface area contributed by atoms with E-state index in [9.17, 15) is 5.11 Å². The highest BCUT2D eigenvalue weighted by molar-refractivity contribution is 6.30. The number of benzene rings is 2. The summed E-state index contributed by atoms with van der Waals surface area (Å²) in [7, 11) is 4.30. The number of aliphatic hydroxyl groups is 1. The van der Waals surface area contributed by atoms with Crippen molar-refractivity contribution in [3.8, 4) is 0 Å². The van der Waals surface area contributed by atoms with Gasteiger partial charge in [0, 0.05) is 11.1 Å². The Bertz CT molecular complexity index is 1040. The van der Waals surface area contributed by atoms with E-state index in [1.807, 2.05) is 60.7 Å². The van der Waals surface area contributed by atoms with Crippen LogP contribution in [0.1, 0.15) is 54.7 Å². The monoisotopic (exact) mass is 562 g/mol. The summed E-state index contributed by atoms with van der Waals surface area (Å²) in [6, 6.07) is 19.6. The molecule has 35 heavy (non-hydrogen) atoms. The molecule has 4 rings (SSSR count). The maximum absolute atomic E-state index is 12.0. The normalized spacial score (nSPS) is 16.5. The van der Waals surface area contributed by atoms with E-state index in [0.29, 0.717) is 29.9 Å². The molecule has 5 nitrogen and oxygen atoms in total. The molecule has 3 aromatic rings. The largest absolute Gasteiger partial charge is 1.00 e. The van der Waals surface area contributed by atoms with E-state index in [1.165, 1.54) is 6.42 Å². The van der Waals surface area contributed by atoms with E-state index in [-0.39, 0.29) is 22.9 Å². The number of likely N-dealkylation sites (N-methyl/N-ethyl adjacent to an activating group) is 1. The first kappa shape index (κ1) is 27.9. The fraction of sp³-hybridized carbons (Fsp3) is 0.464. The lowest BCUT2D eigenvalue weighted by atomic mass is 9.71. The number of nitrogens with zero attached hydrogens (tertiary/aromatic N) is 2. The van der Waals surface area contributed by atoms with E-state index in [0.717, 1.165) is 54.1 Å². The van der Waals surface area contributed by atoms with Crippen molar-refractivity contribution in [1.29, 1.82) is 0 Å². The summed E-state index contributed by atoms with van der Waals surface area (Å²) in [4.78, 5) is 0. The average Bonchev–Trinajstić information content (AvgIpc) is 3.32. The third kappa shape index (κ3) is 7.17. The van der Waals surface area contributed by atoms with Gasteiger partial charge in [-0.25, -0.2) is 0 Å². The molecular weight excluding hydrogens is 528 g/mol. The van der Waals surface area contributed by atoms with Crippen LogP contribution in [-0.2, 0) is 23.5 Å². The Balaban J connectivity index is 0.00000342. The second-order valence-corrected chi connectivity index (χ2v) is 10.6. The van der Waals surface area contributed by atoms with Crippen molar-refractivity contribution < 1.29 is 35.8 Å². The lowest BCUT2D eigenvalue weighted by molar-refractivity contribution is -0.905. The number of rotatable bonds is 10. The van der Waals surface area contributed by atoms with Crippen LogP contribution in [0.3, 0.4) is 0 Å². The van der Waals surface area contributed by atoms with E-state index in [2.05, 4.69) is 19.3 Å². The third-order valence-electron chi connectivity index (χ3n) is 6.97.